The molecule has 0 saturated heterocycles. The zero-order chi connectivity index (χ0) is 14.1. The molecular formula is C15H13N3O2. The monoisotopic (exact) mass is 267 g/mol. The normalized spacial score (nSPS) is 10.8. The maximum atomic E-state index is 11.0. The first-order valence-corrected chi connectivity index (χ1v) is 6.26. The van der Waals surface area contributed by atoms with Crippen molar-refractivity contribution < 1.29 is 9.90 Å². The molecular weight excluding hydrogens is 254 g/mol. The van der Waals surface area contributed by atoms with Crippen molar-refractivity contribution in [3.8, 4) is 0 Å². The summed E-state index contributed by atoms with van der Waals surface area (Å²) in [6.07, 6.45) is 2.17. The van der Waals surface area contributed by atoms with Crippen LogP contribution in [0.5, 0.6) is 0 Å². The molecule has 3 rings (SSSR count). The number of carbonyl (C=O) groups is 1. The largest absolute Gasteiger partial charge is 0.478 e. The molecule has 100 valence electrons. The summed E-state index contributed by atoms with van der Waals surface area (Å²) < 4.78 is 1.73. The van der Waals surface area contributed by atoms with Gasteiger partial charge < -0.3 is 5.11 Å². The van der Waals surface area contributed by atoms with E-state index in [1.54, 1.807) is 16.7 Å². The fraction of sp³-hybridized carbons (Fsp3) is 0.133. The van der Waals surface area contributed by atoms with E-state index < -0.39 is 5.97 Å². The Labute approximate surface area is 115 Å². The minimum Gasteiger partial charge on any atom is -0.478 e. The molecule has 5 heteroatoms. The van der Waals surface area contributed by atoms with Gasteiger partial charge in [-0.3, -0.25) is 4.40 Å². The van der Waals surface area contributed by atoms with Gasteiger partial charge in [0.2, 0.25) is 0 Å². The van der Waals surface area contributed by atoms with Crippen LogP contribution in [0.1, 0.15) is 27.3 Å². The Balaban J connectivity index is 2.00. The van der Waals surface area contributed by atoms with Crippen molar-refractivity contribution in [2.45, 2.75) is 13.3 Å². The van der Waals surface area contributed by atoms with Crippen molar-refractivity contribution in [3.63, 3.8) is 0 Å². The highest BCUT2D eigenvalue weighted by molar-refractivity contribution is 5.87. The molecule has 5 nitrogen and oxygen atoms in total. The maximum absolute atomic E-state index is 11.0. The highest BCUT2D eigenvalue weighted by Gasteiger charge is 2.09. The third-order valence-corrected chi connectivity index (χ3v) is 3.20. The molecule has 20 heavy (non-hydrogen) atoms. The van der Waals surface area contributed by atoms with Crippen LogP contribution in [0.4, 0.5) is 0 Å². The van der Waals surface area contributed by atoms with E-state index in [1.807, 2.05) is 31.2 Å². The lowest BCUT2D eigenvalue weighted by molar-refractivity contribution is 0.0696. The molecule has 2 aromatic heterocycles. The van der Waals surface area contributed by atoms with Crippen LogP contribution in [-0.4, -0.2) is 25.7 Å². The Hall–Kier alpha value is -2.69. The Bertz CT molecular complexity index is 775. The van der Waals surface area contributed by atoms with Gasteiger partial charge in [0.05, 0.1) is 5.56 Å². The number of carboxylic acids is 1. The van der Waals surface area contributed by atoms with Gasteiger partial charge >= 0.3 is 5.97 Å². The Morgan fingerprint density at radius 3 is 2.60 bits per heavy atom. The first-order chi connectivity index (χ1) is 9.63. The fourth-order valence-corrected chi connectivity index (χ4v) is 2.07. The molecule has 0 saturated carbocycles. The quantitative estimate of drug-likeness (QED) is 0.790. The minimum absolute atomic E-state index is 0.224. The van der Waals surface area contributed by atoms with Gasteiger partial charge in [0.25, 0.3) is 0 Å². The number of pyridine rings is 1. The van der Waals surface area contributed by atoms with Crippen molar-refractivity contribution in [2.24, 2.45) is 0 Å². The number of nitrogens with zero attached hydrogens (tertiary/aromatic N) is 3. The lowest BCUT2D eigenvalue weighted by Crippen LogP contribution is -2.01. The molecule has 0 radical (unpaired) electrons. The third-order valence-electron chi connectivity index (χ3n) is 3.20. The second kappa shape index (κ2) is 4.77. The second-order valence-corrected chi connectivity index (χ2v) is 4.73. The maximum Gasteiger partial charge on any atom is 0.337 e. The first kappa shape index (κ1) is 12.3. The fourth-order valence-electron chi connectivity index (χ4n) is 2.07. The summed E-state index contributed by atoms with van der Waals surface area (Å²) in [4.78, 5) is 11.0. The van der Waals surface area contributed by atoms with E-state index in [0.717, 1.165) is 11.4 Å². The van der Waals surface area contributed by atoms with Gasteiger partial charge in [0.15, 0.2) is 5.65 Å². The SMILES string of the molecule is Cc1ccc(Cc2nnc3ccc(C(=O)O)cn23)cc1. The number of hydrogen-bond donors (Lipinski definition) is 1. The molecule has 0 unspecified atom stereocenters. The van der Waals surface area contributed by atoms with E-state index in [2.05, 4.69) is 10.2 Å². The van der Waals surface area contributed by atoms with Gasteiger partial charge in [0.1, 0.15) is 5.82 Å². The highest BCUT2D eigenvalue weighted by Crippen LogP contribution is 2.12. The number of fused-ring (bicyclic) bond motifs is 1. The van der Waals surface area contributed by atoms with Crippen LogP contribution < -0.4 is 0 Å². The van der Waals surface area contributed by atoms with Crippen LogP contribution in [0, 0.1) is 6.92 Å². The average molecular weight is 267 g/mol. The highest BCUT2D eigenvalue weighted by atomic mass is 16.4. The number of hydrogen-bond acceptors (Lipinski definition) is 3. The topological polar surface area (TPSA) is 67.5 Å². The summed E-state index contributed by atoms with van der Waals surface area (Å²) in [5.74, 6) is -0.228. The number of benzene rings is 1. The smallest absolute Gasteiger partial charge is 0.337 e. The number of aryl methyl sites for hydroxylation is 1. The summed E-state index contributed by atoms with van der Waals surface area (Å²) in [5.41, 5.74) is 3.19. The van der Waals surface area contributed by atoms with Crippen LogP contribution in [0.25, 0.3) is 5.65 Å². The molecule has 0 fully saturated rings. The van der Waals surface area contributed by atoms with Gasteiger partial charge in [-0.05, 0) is 24.6 Å². The van der Waals surface area contributed by atoms with Crippen molar-refractivity contribution in [1.29, 1.82) is 0 Å². The minimum atomic E-state index is -0.957. The molecule has 1 aromatic carbocycles. The van der Waals surface area contributed by atoms with Gasteiger partial charge in [-0.15, -0.1) is 10.2 Å². The second-order valence-electron chi connectivity index (χ2n) is 4.73. The van der Waals surface area contributed by atoms with E-state index in [1.165, 1.54) is 11.6 Å². The van der Waals surface area contributed by atoms with Crippen LogP contribution in [-0.2, 0) is 6.42 Å². The molecule has 1 N–H and O–H groups in total. The van der Waals surface area contributed by atoms with Crippen molar-refractivity contribution in [2.75, 3.05) is 0 Å². The molecule has 0 amide bonds. The lowest BCUT2D eigenvalue weighted by atomic mass is 10.1. The van der Waals surface area contributed by atoms with Crippen molar-refractivity contribution in [3.05, 3.63) is 65.1 Å². The molecule has 0 spiro atoms. The number of carboxylic acid groups (broad SMARTS) is 1. The molecule has 0 atom stereocenters. The van der Waals surface area contributed by atoms with E-state index >= 15 is 0 Å². The van der Waals surface area contributed by atoms with Gasteiger partial charge in [-0.25, -0.2) is 4.79 Å². The van der Waals surface area contributed by atoms with E-state index in [0.29, 0.717) is 12.1 Å². The van der Waals surface area contributed by atoms with Crippen LogP contribution in [0.2, 0.25) is 0 Å². The van der Waals surface area contributed by atoms with Gasteiger partial charge in [0, 0.05) is 12.6 Å². The standard InChI is InChI=1S/C15H13N3O2/c1-10-2-4-11(5-3-10)8-14-17-16-13-7-6-12(15(19)20)9-18(13)14/h2-7,9H,8H2,1H3,(H,19,20). The summed E-state index contributed by atoms with van der Waals surface area (Å²) in [5, 5.41) is 17.2. The molecule has 0 bridgehead atoms. The zero-order valence-corrected chi connectivity index (χ0v) is 10.9. The van der Waals surface area contributed by atoms with Crippen LogP contribution in [0.3, 0.4) is 0 Å². The number of rotatable bonds is 3. The van der Waals surface area contributed by atoms with Crippen LogP contribution in [0.15, 0.2) is 42.6 Å². The average Bonchev–Trinajstić information content (AvgIpc) is 2.84. The molecule has 0 aliphatic heterocycles. The van der Waals surface area contributed by atoms with Gasteiger partial charge in [-0.1, -0.05) is 29.8 Å². The van der Waals surface area contributed by atoms with Gasteiger partial charge in [-0.2, -0.15) is 0 Å². The first-order valence-electron chi connectivity index (χ1n) is 6.26. The molecule has 0 aliphatic rings. The Kier molecular flexibility index (Phi) is 2.95. The molecule has 0 aliphatic carbocycles. The molecule has 3 aromatic rings. The Morgan fingerprint density at radius 1 is 1.15 bits per heavy atom. The summed E-state index contributed by atoms with van der Waals surface area (Å²) in [6.45, 7) is 2.04. The zero-order valence-electron chi connectivity index (χ0n) is 10.9. The lowest BCUT2D eigenvalue weighted by Gasteiger charge is -2.02. The van der Waals surface area contributed by atoms with E-state index in [4.69, 9.17) is 5.11 Å². The molecule has 2 heterocycles. The Morgan fingerprint density at radius 2 is 1.90 bits per heavy atom. The van der Waals surface area contributed by atoms with Crippen molar-refractivity contribution in [1.82, 2.24) is 14.6 Å². The third kappa shape index (κ3) is 2.25. The summed E-state index contributed by atoms with van der Waals surface area (Å²) >= 11 is 0. The van der Waals surface area contributed by atoms with E-state index in [-0.39, 0.29) is 5.56 Å². The number of aromatic carboxylic acids is 1. The summed E-state index contributed by atoms with van der Waals surface area (Å²) in [6, 6.07) is 11.4. The predicted octanol–water partition coefficient (Wildman–Crippen LogP) is 2.33. The summed E-state index contributed by atoms with van der Waals surface area (Å²) in [7, 11) is 0. The number of aromatic nitrogens is 3. The van der Waals surface area contributed by atoms with Crippen LogP contribution >= 0.6 is 0 Å². The predicted molar refractivity (Wildman–Crippen MR) is 73.9 cm³/mol. The van der Waals surface area contributed by atoms with E-state index in [9.17, 15) is 4.79 Å². The van der Waals surface area contributed by atoms with Crippen molar-refractivity contribution >= 4 is 11.6 Å².